The molecule has 1 saturated carbocycles. The molecule has 135 valence electrons. The number of carbonyl (C=O) groups excluding carboxylic acids is 3. The number of hydroxylamine groups is 1. The molecule has 26 heavy (non-hydrogen) atoms. The second kappa shape index (κ2) is 7.13. The number of allylic oxidation sites excluding steroid dienone is 2. The first-order chi connectivity index (χ1) is 12.6. The van der Waals surface area contributed by atoms with Crippen LogP contribution in [0.3, 0.4) is 0 Å². The Morgan fingerprint density at radius 1 is 1.04 bits per heavy atom. The first-order valence-electron chi connectivity index (χ1n) is 9.27. The highest BCUT2D eigenvalue weighted by Gasteiger charge is 2.49. The number of ketones is 1. The molecular weight excluding hydrogens is 332 g/mol. The fraction of sp³-hybridized carbons (Fsp3) is 0.450. The second-order valence-electron chi connectivity index (χ2n) is 7.33. The Labute approximate surface area is 151 Å². The van der Waals surface area contributed by atoms with Gasteiger partial charge in [-0.2, -0.15) is 0 Å². The molecule has 1 unspecified atom stereocenters. The summed E-state index contributed by atoms with van der Waals surface area (Å²) < 4.78 is 0. The van der Waals surface area contributed by atoms with Gasteiger partial charge >= 0.3 is 17.7 Å². The largest absolute Gasteiger partial charge is 0.478 e. The van der Waals surface area contributed by atoms with Crippen molar-refractivity contribution in [3.8, 4) is 0 Å². The van der Waals surface area contributed by atoms with Crippen LogP contribution < -0.4 is 10.8 Å². The van der Waals surface area contributed by atoms with Gasteiger partial charge in [-0.3, -0.25) is 4.84 Å². The highest BCUT2D eigenvalue weighted by molar-refractivity contribution is 6.00. The Bertz CT molecular complexity index is 736. The molecule has 1 radical (unpaired) electrons. The average molecular weight is 355 g/mol. The van der Waals surface area contributed by atoms with Crippen LogP contribution in [0.25, 0.3) is 0 Å². The van der Waals surface area contributed by atoms with Crippen LogP contribution in [0.2, 0.25) is 0 Å². The molecule has 1 aliphatic heterocycles. The van der Waals surface area contributed by atoms with Gasteiger partial charge in [-0.15, -0.1) is 0 Å². The van der Waals surface area contributed by atoms with Crippen LogP contribution in [-0.4, -0.2) is 30.2 Å². The number of fused-ring (bicyclic) bond motifs is 2. The molecule has 1 saturated heterocycles. The monoisotopic (exact) mass is 355 g/mol. The SMILES string of the molecule is O=C(O[NH2+]C(=O)[C@@H]1CCCN1)c1ccc(C(=[O+])C2[C@@H]3C=C[C@H]2CC3)cc1. The number of hydrogen-bond donors (Lipinski definition) is 2. The summed E-state index contributed by atoms with van der Waals surface area (Å²) in [5.74, 6) is 0.128. The van der Waals surface area contributed by atoms with E-state index in [0.717, 1.165) is 37.7 Å². The summed E-state index contributed by atoms with van der Waals surface area (Å²) in [6, 6.07) is 6.28. The molecule has 1 amide bonds. The average Bonchev–Trinajstić information content (AvgIpc) is 3.42. The van der Waals surface area contributed by atoms with Gasteiger partial charge in [0.05, 0.1) is 11.1 Å². The number of primary amides is 1. The van der Waals surface area contributed by atoms with Crippen molar-refractivity contribution in [3.05, 3.63) is 47.5 Å². The first kappa shape index (κ1) is 17.1. The fourth-order valence-electron chi connectivity index (χ4n) is 4.32. The third-order valence-electron chi connectivity index (χ3n) is 5.76. The molecule has 1 aromatic rings. The lowest BCUT2D eigenvalue weighted by molar-refractivity contribution is -0.799. The maximum absolute atomic E-state index is 12.7. The first-order valence-corrected chi connectivity index (χ1v) is 9.27. The van der Waals surface area contributed by atoms with Crippen molar-refractivity contribution in [2.45, 2.75) is 31.7 Å². The number of amides is 1. The minimum Gasteiger partial charge on any atom is -0.302 e. The van der Waals surface area contributed by atoms with Gasteiger partial charge in [0.2, 0.25) is 4.79 Å². The van der Waals surface area contributed by atoms with Gasteiger partial charge in [0.25, 0.3) is 0 Å². The molecular formula is C20H23N2O4+2. The summed E-state index contributed by atoms with van der Waals surface area (Å²) in [6.45, 7) is 0.811. The van der Waals surface area contributed by atoms with Crippen LogP contribution in [0, 0.1) is 17.8 Å². The van der Waals surface area contributed by atoms with Crippen molar-refractivity contribution >= 4 is 17.7 Å². The van der Waals surface area contributed by atoms with Gasteiger partial charge in [0.15, 0.2) is 0 Å². The van der Waals surface area contributed by atoms with Crippen molar-refractivity contribution in [2.24, 2.45) is 17.8 Å². The number of carbonyl (C=O) groups is 3. The van der Waals surface area contributed by atoms with E-state index in [2.05, 4.69) is 17.5 Å². The molecule has 2 fully saturated rings. The number of benzene rings is 1. The van der Waals surface area contributed by atoms with Gasteiger partial charge in [-0.05, 0) is 68.3 Å². The van der Waals surface area contributed by atoms with E-state index in [-0.39, 0.29) is 23.7 Å². The van der Waals surface area contributed by atoms with Crippen LogP contribution in [0.5, 0.6) is 0 Å². The number of nitrogens with one attached hydrogen (secondary N) is 1. The molecule has 4 rings (SSSR count). The van der Waals surface area contributed by atoms with Crippen molar-refractivity contribution < 1.29 is 24.7 Å². The molecule has 0 aromatic heterocycles. The van der Waals surface area contributed by atoms with E-state index in [1.54, 1.807) is 24.3 Å². The number of nitrogens with two attached hydrogens (primary N) is 1. The summed E-state index contributed by atoms with van der Waals surface area (Å²) in [5.41, 5.74) is 1.95. The van der Waals surface area contributed by atoms with E-state index in [1.807, 2.05) is 0 Å². The van der Waals surface area contributed by atoms with Gasteiger partial charge < -0.3 is 5.32 Å². The van der Waals surface area contributed by atoms with E-state index in [1.165, 1.54) is 0 Å². The normalized spacial score (nSPS) is 29.1. The third-order valence-corrected chi connectivity index (χ3v) is 5.76. The van der Waals surface area contributed by atoms with E-state index >= 15 is 0 Å². The van der Waals surface area contributed by atoms with Crippen LogP contribution >= 0.6 is 0 Å². The Balaban J connectivity index is 1.34. The predicted molar refractivity (Wildman–Crippen MR) is 93.0 cm³/mol. The Morgan fingerprint density at radius 3 is 2.27 bits per heavy atom. The minimum absolute atomic E-state index is 0.0534. The van der Waals surface area contributed by atoms with Crippen LogP contribution in [-0.2, 0) is 9.63 Å². The van der Waals surface area contributed by atoms with Crippen LogP contribution in [0.15, 0.2) is 36.4 Å². The number of hydrogen-bond acceptors (Lipinski definition) is 5. The Hall–Kier alpha value is -2.31. The summed E-state index contributed by atoms with van der Waals surface area (Å²) in [6.07, 6.45) is 8.21. The third kappa shape index (κ3) is 3.22. The van der Waals surface area contributed by atoms with E-state index in [4.69, 9.17) is 4.84 Å². The summed E-state index contributed by atoms with van der Waals surface area (Å²) in [5, 5.41) is 3.06. The number of rotatable bonds is 4. The van der Waals surface area contributed by atoms with Crippen molar-refractivity contribution in [1.29, 1.82) is 0 Å². The zero-order valence-electron chi connectivity index (χ0n) is 14.5. The topological polar surface area (TPSA) is 91.9 Å². The van der Waals surface area contributed by atoms with E-state index in [0.29, 0.717) is 23.0 Å². The van der Waals surface area contributed by atoms with Crippen LogP contribution in [0.1, 0.15) is 46.4 Å². The number of Topliss-reactive ketones (excluding diaryl/α,β-unsaturated/α-hetero) is 1. The molecule has 3 N–H and O–H groups in total. The highest BCUT2D eigenvalue weighted by atomic mass is 16.7. The lowest BCUT2D eigenvalue weighted by Crippen LogP contribution is -2.90. The van der Waals surface area contributed by atoms with Gasteiger partial charge in [-0.25, -0.2) is 9.59 Å². The summed E-state index contributed by atoms with van der Waals surface area (Å²) in [7, 11) is 0. The van der Waals surface area contributed by atoms with E-state index < -0.39 is 5.97 Å². The van der Waals surface area contributed by atoms with Gasteiger partial charge in [-0.1, -0.05) is 17.6 Å². The molecule has 3 aliphatic rings. The Kier molecular flexibility index (Phi) is 4.70. The highest BCUT2D eigenvalue weighted by Crippen LogP contribution is 2.45. The Morgan fingerprint density at radius 2 is 1.69 bits per heavy atom. The van der Waals surface area contributed by atoms with Crippen LogP contribution in [0.4, 0.5) is 0 Å². The molecule has 0 spiro atoms. The van der Waals surface area contributed by atoms with Gasteiger partial charge in [0.1, 0.15) is 12.0 Å². The molecule has 2 bridgehead atoms. The lowest BCUT2D eigenvalue weighted by Gasteiger charge is -2.07. The molecule has 6 heteroatoms. The zero-order chi connectivity index (χ0) is 18.1. The maximum Gasteiger partial charge on any atom is 0.478 e. The minimum atomic E-state index is -0.585. The quantitative estimate of drug-likeness (QED) is 0.364. The summed E-state index contributed by atoms with van der Waals surface area (Å²) >= 11 is 0. The summed E-state index contributed by atoms with van der Waals surface area (Å²) in [4.78, 5) is 41.7. The fourth-order valence-corrected chi connectivity index (χ4v) is 4.32. The predicted octanol–water partition coefficient (Wildman–Crippen LogP) is 0.995. The van der Waals surface area contributed by atoms with Gasteiger partial charge in [0, 0.05) is 0 Å². The molecule has 1 aromatic carbocycles. The van der Waals surface area contributed by atoms with E-state index in [9.17, 15) is 14.4 Å². The van der Waals surface area contributed by atoms with Crippen molar-refractivity contribution in [2.75, 3.05) is 6.54 Å². The van der Waals surface area contributed by atoms with Crippen molar-refractivity contribution in [3.63, 3.8) is 0 Å². The maximum atomic E-state index is 12.7. The number of quaternary nitrogens is 1. The standard InChI is InChI=1S/C20H22N2O4/c23-18(17-12-3-4-13(17)6-5-12)14-7-9-15(10-8-14)20(25)26-22-19(24)16-2-1-11-21-16/h3-4,7-10,12-13,16-17,21H,1-2,5-6,11H2,(H,22,24)/q+1/p+1/t12-,13+,16-,17?/m0/s1. The molecule has 4 atom stereocenters. The zero-order valence-corrected chi connectivity index (χ0v) is 14.5. The molecule has 2 aliphatic carbocycles. The molecule has 6 nitrogen and oxygen atoms in total. The second-order valence-corrected chi connectivity index (χ2v) is 7.33. The smallest absolute Gasteiger partial charge is 0.302 e. The lowest BCUT2D eigenvalue weighted by atomic mass is 9.88. The molecule has 1 heterocycles. The van der Waals surface area contributed by atoms with Crippen molar-refractivity contribution in [1.82, 2.24) is 5.32 Å².